The fourth-order valence-electron chi connectivity index (χ4n) is 2.70. The summed E-state index contributed by atoms with van der Waals surface area (Å²) in [4.78, 5) is 38.3. The van der Waals surface area contributed by atoms with Crippen molar-refractivity contribution in [3.63, 3.8) is 0 Å². The molecule has 2 aromatic rings. The summed E-state index contributed by atoms with van der Waals surface area (Å²) >= 11 is 3.94. The zero-order valence-electron chi connectivity index (χ0n) is 16.0. The standard InChI is InChI=1S/C20H17BrN2O6S/c1-28-14-6-4-3-5-13(14)22-17(24)10-23-19(26)16(30-20(23)27)9-11-7-12(21)18(25)15(8-11)29-2/h3-9,25H,10H2,1-2H3,(H,22,24)/b16-9+. The average molecular weight is 493 g/mol. The monoisotopic (exact) mass is 492 g/mol. The Hall–Kier alpha value is -2.98. The molecule has 1 fully saturated rings. The molecule has 0 aromatic heterocycles. The molecule has 0 bridgehead atoms. The van der Waals surface area contributed by atoms with Crippen LogP contribution in [0.1, 0.15) is 5.56 Å². The predicted molar refractivity (Wildman–Crippen MR) is 117 cm³/mol. The van der Waals surface area contributed by atoms with E-state index in [0.29, 0.717) is 21.5 Å². The Morgan fingerprint density at radius 2 is 1.90 bits per heavy atom. The highest BCUT2D eigenvalue weighted by molar-refractivity contribution is 9.10. The normalized spacial score (nSPS) is 14.9. The van der Waals surface area contributed by atoms with E-state index in [4.69, 9.17) is 9.47 Å². The third-order valence-corrected chi connectivity index (χ3v) is 5.64. The number of methoxy groups -OCH3 is 2. The van der Waals surface area contributed by atoms with E-state index in [0.717, 1.165) is 16.7 Å². The number of imide groups is 1. The van der Waals surface area contributed by atoms with Crippen LogP contribution in [0.25, 0.3) is 6.08 Å². The molecule has 1 aliphatic rings. The first-order chi connectivity index (χ1) is 14.3. The number of nitrogens with zero attached hydrogens (tertiary/aromatic N) is 1. The molecule has 2 N–H and O–H groups in total. The van der Waals surface area contributed by atoms with E-state index in [1.807, 2.05) is 0 Å². The van der Waals surface area contributed by atoms with Gasteiger partial charge in [0.2, 0.25) is 5.91 Å². The fourth-order valence-corrected chi connectivity index (χ4v) is 4.00. The lowest BCUT2D eigenvalue weighted by Crippen LogP contribution is -2.36. The number of nitrogens with one attached hydrogen (secondary N) is 1. The Balaban J connectivity index is 1.75. The lowest BCUT2D eigenvalue weighted by Gasteiger charge is -2.14. The van der Waals surface area contributed by atoms with Crippen LogP contribution in [0.3, 0.4) is 0 Å². The first kappa shape index (κ1) is 21.7. The zero-order valence-corrected chi connectivity index (χ0v) is 18.4. The van der Waals surface area contributed by atoms with Crippen molar-refractivity contribution in [2.75, 3.05) is 26.1 Å². The number of halogens is 1. The number of phenols is 1. The van der Waals surface area contributed by atoms with Gasteiger partial charge in [0.1, 0.15) is 12.3 Å². The summed E-state index contributed by atoms with van der Waals surface area (Å²) in [6.07, 6.45) is 1.50. The van der Waals surface area contributed by atoms with Gasteiger partial charge in [-0.1, -0.05) is 12.1 Å². The van der Waals surface area contributed by atoms with Gasteiger partial charge in [-0.05, 0) is 63.6 Å². The molecule has 0 atom stereocenters. The second-order valence-corrected chi connectivity index (χ2v) is 7.92. The number of phenolic OH excluding ortho intramolecular Hbond substituents is 1. The van der Waals surface area contributed by atoms with E-state index in [9.17, 15) is 19.5 Å². The molecule has 1 heterocycles. The van der Waals surface area contributed by atoms with E-state index in [1.54, 1.807) is 30.3 Å². The molecule has 1 saturated heterocycles. The Bertz CT molecular complexity index is 1060. The number of carbonyl (C=O) groups excluding carboxylic acids is 3. The smallest absolute Gasteiger partial charge is 0.294 e. The molecule has 1 aliphatic heterocycles. The number of amides is 3. The fraction of sp³-hybridized carbons (Fsp3) is 0.150. The number of aromatic hydroxyl groups is 1. The van der Waals surface area contributed by atoms with Crippen LogP contribution < -0.4 is 14.8 Å². The number of carbonyl (C=O) groups is 3. The number of para-hydroxylation sites is 2. The molecule has 2 aromatic carbocycles. The number of anilines is 1. The lowest BCUT2D eigenvalue weighted by atomic mass is 10.2. The topological polar surface area (TPSA) is 105 Å². The van der Waals surface area contributed by atoms with Crippen LogP contribution in [-0.2, 0) is 9.59 Å². The Morgan fingerprint density at radius 3 is 2.60 bits per heavy atom. The molecule has 3 rings (SSSR count). The minimum atomic E-state index is -0.580. The molecular weight excluding hydrogens is 476 g/mol. The van der Waals surface area contributed by atoms with Crippen LogP contribution in [-0.4, -0.2) is 47.8 Å². The number of hydrogen-bond acceptors (Lipinski definition) is 7. The highest BCUT2D eigenvalue weighted by Crippen LogP contribution is 2.38. The van der Waals surface area contributed by atoms with Crippen LogP contribution in [0.5, 0.6) is 17.2 Å². The van der Waals surface area contributed by atoms with Gasteiger partial charge in [-0.3, -0.25) is 19.3 Å². The van der Waals surface area contributed by atoms with Crippen LogP contribution >= 0.6 is 27.7 Å². The maximum absolute atomic E-state index is 12.7. The number of thioether (sulfide) groups is 1. The quantitative estimate of drug-likeness (QED) is 0.589. The number of ether oxygens (including phenoxy) is 2. The van der Waals surface area contributed by atoms with Gasteiger partial charge in [0.25, 0.3) is 11.1 Å². The van der Waals surface area contributed by atoms with Crippen LogP contribution in [0, 0.1) is 0 Å². The van der Waals surface area contributed by atoms with Crippen molar-refractivity contribution in [3.05, 3.63) is 51.3 Å². The molecule has 3 amide bonds. The Labute approximate surface area is 185 Å². The highest BCUT2D eigenvalue weighted by Gasteiger charge is 2.36. The summed E-state index contributed by atoms with van der Waals surface area (Å²) in [6.45, 7) is -0.428. The predicted octanol–water partition coefficient (Wildman–Crippen LogP) is 3.85. The largest absolute Gasteiger partial charge is 0.503 e. The number of rotatable bonds is 6. The van der Waals surface area contributed by atoms with E-state index in [-0.39, 0.29) is 16.4 Å². The van der Waals surface area contributed by atoms with E-state index in [1.165, 1.54) is 26.4 Å². The Kier molecular flexibility index (Phi) is 6.68. The summed E-state index contributed by atoms with van der Waals surface area (Å²) in [5.41, 5.74) is 0.981. The number of benzene rings is 2. The Morgan fingerprint density at radius 1 is 1.20 bits per heavy atom. The van der Waals surface area contributed by atoms with Crippen molar-refractivity contribution in [3.8, 4) is 17.2 Å². The zero-order chi connectivity index (χ0) is 21.8. The van der Waals surface area contributed by atoms with Gasteiger partial charge in [0.15, 0.2) is 11.5 Å². The molecular formula is C20H17BrN2O6S. The summed E-state index contributed by atoms with van der Waals surface area (Å²) < 4.78 is 10.6. The minimum Gasteiger partial charge on any atom is -0.503 e. The van der Waals surface area contributed by atoms with Gasteiger partial charge < -0.3 is 19.9 Å². The summed E-state index contributed by atoms with van der Waals surface area (Å²) in [7, 11) is 2.88. The van der Waals surface area contributed by atoms with Crippen molar-refractivity contribution >= 4 is 56.5 Å². The summed E-state index contributed by atoms with van der Waals surface area (Å²) in [5, 5.41) is 12.0. The maximum Gasteiger partial charge on any atom is 0.294 e. The highest BCUT2D eigenvalue weighted by atomic mass is 79.9. The van der Waals surface area contributed by atoms with Gasteiger partial charge in [-0.15, -0.1) is 0 Å². The van der Waals surface area contributed by atoms with Crippen molar-refractivity contribution in [1.29, 1.82) is 0 Å². The van der Waals surface area contributed by atoms with Gasteiger partial charge in [-0.2, -0.15) is 0 Å². The van der Waals surface area contributed by atoms with Gasteiger partial charge >= 0.3 is 0 Å². The van der Waals surface area contributed by atoms with Crippen molar-refractivity contribution in [1.82, 2.24) is 4.90 Å². The van der Waals surface area contributed by atoms with Crippen molar-refractivity contribution < 1.29 is 29.0 Å². The first-order valence-electron chi connectivity index (χ1n) is 8.58. The van der Waals surface area contributed by atoms with E-state index in [2.05, 4.69) is 21.2 Å². The second-order valence-electron chi connectivity index (χ2n) is 6.07. The van der Waals surface area contributed by atoms with Crippen LogP contribution in [0.2, 0.25) is 0 Å². The average Bonchev–Trinajstić information content (AvgIpc) is 2.98. The molecule has 8 nitrogen and oxygen atoms in total. The van der Waals surface area contributed by atoms with Gasteiger partial charge in [0, 0.05) is 0 Å². The first-order valence-corrected chi connectivity index (χ1v) is 10.2. The van der Waals surface area contributed by atoms with Gasteiger partial charge in [-0.25, -0.2) is 0 Å². The minimum absolute atomic E-state index is 0.0734. The lowest BCUT2D eigenvalue weighted by molar-refractivity contribution is -0.127. The SMILES string of the molecule is COc1ccccc1NC(=O)CN1C(=O)S/C(=C/c2cc(Br)c(O)c(OC)c2)C1=O. The van der Waals surface area contributed by atoms with Crippen LogP contribution in [0.4, 0.5) is 10.5 Å². The molecule has 156 valence electrons. The molecule has 0 saturated carbocycles. The molecule has 0 unspecified atom stereocenters. The van der Waals surface area contributed by atoms with Crippen LogP contribution in [0.15, 0.2) is 45.8 Å². The van der Waals surface area contributed by atoms with Crippen molar-refractivity contribution in [2.45, 2.75) is 0 Å². The number of hydrogen-bond donors (Lipinski definition) is 2. The summed E-state index contributed by atoms with van der Waals surface area (Å²) in [5.74, 6) is -0.506. The molecule has 0 spiro atoms. The molecule has 10 heteroatoms. The van der Waals surface area contributed by atoms with Gasteiger partial charge in [0.05, 0.1) is 29.3 Å². The maximum atomic E-state index is 12.7. The van der Waals surface area contributed by atoms with E-state index >= 15 is 0 Å². The molecule has 0 aliphatic carbocycles. The summed E-state index contributed by atoms with van der Waals surface area (Å²) in [6, 6.07) is 9.93. The molecule has 0 radical (unpaired) electrons. The third kappa shape index (κ3) is 4.60. The third-order valence-electron chi connectivity index (χ3n) is 4.12. The second kappa shape index (κ2) is 9.23. The molecule has 30 heavy (non-hydrogen) atoms. The van der Waals surface area contributed by atoms with E-state index < -0.39 is 23.6 Å². The van der Waals surface area contributed by atoms with Crippen molar-refractivity contribution in [2.24, 2.45) is 0 Å².